The van der Waals surface area contributed by atoms with E-state index in [1.54, 1.807) is 6.07 Å². The molecule has 0 aliphatic rings. The van der Waals surface area contributed by atoms with E-state index in [9.17, 15) is 27.9 Å². The number of carbonyl (C=O) groups is 2. The lowest BCUT2D eigenvalue weighted by molar-refractivity contribution is -0.274. The van der Waals surface area contributed by atoms with Crippen molar-refractivity contribution in [3.05, 3.63) is 41.3 Å². The second-order valence-electron chi connectivity index (χ2n) is 5.40. The van der Waals surface area contributed by atoms with Gasteiger partial charge in [0.25, 0.3) is 11.8 Å². The molecule has 0 saturated heterocycles. The van der Waals surface area contributed by atoms with E-state index in [2.05, 4.69) is 10.1 Å². The maximum absolute atomic E-state index is 12.2. The molecule has 0 radical (unpaired) electrons. The van der Waals surface area contributed by atoms with Gasteiger partial charge in [-0.2, -0.15) is 0 Å². The minimum atomic E-state index is -4.78. The molecule has 2 atom stereocenters. The molecule has 27 heavy (non-hydrogen) atoms. The molecule has 0 aliphatic carbocycles. The highest BCUT2D eigenvalue weighted by Gasteiger charge is 2.31. The molecule has 2 unspecified atom stereocenters. The number of hydrogen-bond donors (Lipinski definition) is 4. The lowest BCUT2D eigenvalue weighted by Crippen LogP contribution is -2.51. The van der Waals surface area contributed by atoms with Gasteiger partial charge in [-0.05, 0) is 48.9 Å². The van der Waals surface area contributed by atoms with Crippen LogP contribution in [0, 0.1) is 0 Å². The van der Waals surface area contributed by atoms with Crippen molar-refractivity contribution in [1.29, 1.82) is 0 Å². The van der Waals surface area contributed by atoms with E-state index in [0.29, 0.717) is 10.4 Å². The van der Waals surface area contributed by atoms with Crippen LogP contribution in [0.2, 0.25) is 0 Å². The molecular formula is C16H15F3N2O5S. The summed E-state index contributed by atoms with van der Waals surface area (Å²) in [6.07, 6.45) is -6.03. The average Bonchev–Trinajstić information content (AvgIpc) is 3.08. The van der Waals surface area contributed by atoms with Crippen molar-refractivity contribution in [3.63, 3.8) is 0 Å². The topological polar surface area (TPSA) is 108 Å². The fourth-order valence-corrected chi connectivity index (χ4v) is 3.04. The third kappa shape index (κ3) is 5.67. The van der Waals surface area contributed by atoms with Gasteiger partial charge >= 0.3 is 6.36 Å². The zero-order valence-corrected chi connectivity index (χ0v) is 14.6. The first kappa shape index (κ1) is 20.7. The number of ether oxygens (including phenoxy) is 1. The molecule has 0 fully saturated rings. The molecule has 0 spiro atoms. The van der Waals surface area contributed by atoms with Crippen LogP contribution in [0.1, 0.15) is 16.6 Å². The zero-order chi connectivity index (χ0) is 20.2. The number of carbonyl (C=O) groups excluding carboxylic acids is 2. The van der Waals surface area contributed by atoms with Crippen molar-refractivity contribution in [2.75, 3.05) is 0 Å². The van der Waals surface area contributed by atoms with Crippen molar-refractivity contribution in [2.24, 2.45) is 0 Å². The summed E-state index contributed by atoms with van der Waals surface area (Å²) in [6.45, 7) is 1.27. The number of alkyl halides is 3. The van der Waals surface area contributed by atoms with Crippen LogP contribution in [-0.2, 0) is 4.79 Å². The molecule has 2 aromatic rings. The second-order valence-corrected chi connectivity index (χ2v) is 6.49. The highest BCUT2D eigenvalue weighted by atomic mass is 32.1. The summed E-state index contributed by atoms with van der Waals surface area (Å²) in [5.74, 6) is -2.00. The molecule has 0 aliphatic heterocycles. The fraction of sp³-hybridized carbons (Fsp3) is 0.250. The van der Waals surface area contributed by atoms with Crippen molar-refractivity contribution < 1.29 is 37.8 Å². The number of halogens is 3. The third-order valence-corrected chi connectivity index (χ3v) is 4.50. The standard InChI is InChI=1S/C16H15F3N2O5S/c1-8(22)13(15(24)21-25)20-14(23)12-7-6-11(27-12)9-2-4-10(5-3-9)26-16(17,18)19/h2-8,13,22,25H,1H3,(H,20,23)(H,21,24). The smallest absolute Gasteiger partial charge is 0.406 e. The number of rotatable bonds is 6. The van der Waals surface area contributed by atoms with Gasteiger partial charge in [-0.3, -0.25) is 14.8 Å². The van der Waals surface area contributed by atoms with Crippen molar-refractivity contribution in [2.45, 2.75) is 25.4 Å². The normalized spacial score (nSPS) is 13.6. The van der Waals surface area contributed by atoms with Gasteiger partial charge in [-0.15, -0.1) is 24.5 Å². The van der Waals surface area contributed by atoms with Crippen LogP contribution in [0.4, 0.5) is 13.2 Å². The Morgan fingerprint density at radius 1 is 1.15 bits per heavy atom. The number of thiophene rings is 1. The van der Waals surface area contributed by atoms with Crippen LogP contribution < -0.4 is 15.5 Å². The summed E-state index contributed by atoms with van der Waals surface area (Å²) in [5.41, 5.74) is 1.92. The van der Waals surface area contributed by atoms with Gasteiger partial charge in [0.05, 0.1) is 11.0 Å². The van der Waals surface area contributed by atoms with E-state index >= 15 is 0 Å². The zero-order valence-electron chi connectivity index (χ0n) is 13.8. The number of hydroxylamine groups is 1. The monoisotopic (exact) mass is 404 g/mol. The maximum Gasteiger partial charge on any atom is 0.573 e. The van der Waals surface area contributed by atoms with Crippen LogP contribution in [0.15, 0.2) is 36.4 Å². The minimum absolute atomic E-state index is 0.206. The molecule has 1 heterocycles. The Balaban J connectivity index is 2.11. The summed E-state index contributed by atoms with van der Waals surface area (Å²) in [4.78, 5) is 24.5. The highest BCUT2D eigenvalue weighted by molar-refractivity contribution is 7.17. The molecule has 4 N–H and O–H groups in total. The van der Waals surface area contributed by atoms with E-state index < -0.39 is 30.3 Å². The van der Waals surface area contributed by atoms with Crippen LogP contribution in [0.3, 0.4) is 0 Å². The average molecular weight is 404 g/mol. The number of nitrogens with one attached hydrogen (secondary N) is 2. The number of aliphatic hydroxyl groups excluding tert-OH is 1. The Morgan fingerprint density at radius 3 is 2.30 bits per heavy atom. The van der Waals surface area contributed by atoms with Gasteiger partial charge in [-0.1, -0.05) is 0 Å². The first-order valence-corrected chi connectivity index (χ1v) is 8.31. The van der Waals surface area contributed by atoms with E-state index in [1.807, 2.05) is 0 Å². The van der Waals surface area contributed by atoms with Gasteiger partial charge in [0.15, 0.2) is 0 Å². The van der Waals surface area contributed by atoms with Gasteiger partial charge in [0, 0.05) is 4.88 Å². The molecule has 11 heteroatoms. The van der Waals surface area contributed by atoms with Crippen LogP contribution in [0.5, 0.6) is 5.75 Å². The molecule has 2 amide bonds. The van der Waals surface area contributed by atoms with E-state index in [0.717, 1.165) is 23.5 Å². The number of hydrogen-bond acceptors (Lipinski definition) is 6. The first-order valence-electron chi connectivity index (χ1n) is 7.49. The minimum Gasteiger partial charge on any atom is -0.406 e. The molecule has 1 aromatic heterocycles. The molecule has 0 saturated carbocycles. The summed E-state index contributed by atoms with van der Waals surface area (Å²) >= 11 is 1.04. The largest absolute Gasteiger partial charge is 0.573 e. The SMILES string of the molecule is CC(O)C(NC(=O)c1ccc(-c2ccc(OC(F)(F)F)cc2)s1)C(=O)NO. The van der Waals surface area contributed by atoms with Crippen LogP contribution >= 0.6 is 11.3 Å². The fourth-order valence-electron chi connectivity index (χ4n) is 2.12. The molecule has 2 rings (SSSR count). The van der Waals surface area contributed by atoms with E-state index in [1.165, 1.54) is 30.6 Å². The number of aliphatic hydroxyl groups is 1. The molecule has 1 aromatic carbocycles. The predicted octanol–water partition coefficient (Wildman–Crippen LogP) is 2.30. The Hall–Kier alpha value is -2.63. The quantitative estimate of drug-likeness (QED) is 0.437. The lowest BCUT2D eigenvalue weighted by atomic mass is 10.1. The van der Waals surface area contributed by atoms with Gasteiger partial charge in [0.1, 0.15) is 11.8 Å². The molecule has 146 valence electrons. The predicted molar refractivity (Wildman–Crippen MR) is 89.3 cm³/mol. The second kappa shape index (κ2) is 8.37. The Labute approximate surface area is 155 Å². The maximum atomic E-state index is 12.2. The van der Waals surface area contributed by atoms with Crippen molar-refractivity contribution in [3.8, 4) is 16.2 Å². The van der Waals surface area contributed by atoms with E-state index in [4.69, 9.17) is 5.21 Å². The molecular weight excluding hydrogens is 389 g/mol. The number of benzene rings is 1. The Kier molecular flexibility index (Phi) is 6.41. The molecule has 7 nitrogen and oxygen atoms in total. The third-order valence-electron chi connectivity index (χ3n) is 3.36. The van der Waals surface area contributed by atoms with E-state index in [-0.39, 0.29) is 10.6 Å². The Bertz CT molecular complexity index is 805. The summed E-state index contributed by atoms with van der Waals surface area (Å²) in [5, 5.41) is 20.5. The number of amides is 2. The Morgan fingerprint density at radius 2 is 1.78 bits per heavy atom. The van der Waals surface area contributed by atoms with Crippen LogP contribution in [0.25, 0.3) is 10.4 Å². The summed E-state index contributed by atoms with van der Waals surface area (Å²) in [6, 6.07) is 6.81. The lowest BCUT2D eigenvalue weighted by Gasteiger charge is -2.18. The highest BCUT2D eigenvalue weighted by Crippen LogP contribution is 2.31. The van der Waals surface area contributed by atoms with Crippen LogP contribution in [-0.4, -0.2) is 40.6 Å². The van der Waals surface area contributed by atoms with Gasteiger partial charge < -0.3 is 15.2 Å². The van der Waals surface area contributed by atoms with Crippen molar-refractivity contribution in [1.82, 2.24) is 10.8 Å². The van der Waals surface area contributed by atoms with Crippen molar-refractivity contribution >= 4 is 23.2 Å². The summed E-state index contributed by atoms with van der Waals surface area (Å²) in [7, 11) is 0. The van der Waals surface area contributed by atoms with Gasteiger partial charge in [-0.25, -0.2) is 5.48 Å². The molecule has 0 bridgehead atoms. The first-order chi connectivity index (χ1) is 12.6. The van der Waals surface area contributed by atoms with Gasteiger partial charge in [0.2, 0.25) is 0 Å². The summed E-state index contributed by atoms with van der Waals surface area (Å²) < 4.78 is 40.3.